The number of nitrogen functional groups attached to an aromatic ring is 1. The number of ether oxygens (including phenoxy) is 1. The SMILES string of the molecule is Nc1nc(O[C@H](c2ccc(Cl)cc2-c2cccnc2)C(F)(F)F)cc(N2CCC3(CC2)CNC(C(=O)O)C3)n1. The van der Waals surface area contributed by atoms with Crippen molar-refractivity contribution in [2.24, 2.45) is 5.41 Å². The number of carbonyl (C=O) groups is 1. The molecule has 2 saturated heterocycles. The summed E-state index contributed by atoms with van der Waals surface area (Å²) in [7, 11) is 0. The third-order valence-corrected chi connectivity index (χ3v) is 7.55. The number of nitrogens with one attached hydrogen (secondary N) is 1. The minimum absolute atomic E-state index is 0.143. The first-order valence-corrected chi connectivity index (χ1v) is 12.7. The number of halogens is 4. The second-order valence-corrected chi connectivity index (χ2v) is 10.3. The molecule has 2 fully saturated rings. The van der Waals surface area contributed by atoms with Crippen LogP contribution in [-0.4, -0.2) is 57.9 Å². The van der Waals surface area contributed by atoms with Gasteiger partial charge in [-0.15, -0.1) is 0 Å². The lowest BCUT2D eigenvalue weighted by molar-refractivity contribution is -0.198. The minimum atomic E-state index is -4.79. The standard InChI is InChI=1S/C26H26ClF3N6O3/c27-16-3-4-17(18(10-16)15-2-1-7-32-13-15)22(26(28,29)30)39-21-11-20(34-24(31)35-21)36-8-5-25(6-9-36)12-19(23(37)38)33-14-25/h1-4,7,10-11,13,19,22,33H,5-6,8-9,12,14H2,(H,37,38)(H2,31,34,35)/t19?,22-/m1/s1. The molecule has 1 spiro atoms. The lowest BCUT2D eigenvalue weighted by Crippen LogP contribution is -2.41. The van der Waals surface area contributed by atoms with Crippen molar-refractivity contribution in [2.75, 3.05) is 30.3 Å². The number of anilines is 2. The molecule has 1 aromatic carbocycles. The van der Waals surface area contributed by atoms with E-state index in [1.54, 1.807) is 12.1 Å². The molecule has 206 valence electrons. The van der Waals surface area contributed by atoms with Crippen molar-refractivity contribution < 1.29 is 27.8 Å². The summed E-state index contributed by atoms with van der Waals surface area (Å²) in [6.07, 6.45) is -2.25. The van der Waals surface area contributed by atoms with Gasteiger partial charge in [0.25, 0.3) is 0 Å². The van der Waals surface area contributed by atoms with Crippen LogP contribution in [-0.2, 0) is 4.79 Å². The van der Waals surface area contributed by atoms with Crippen LogP contribution in [0.1, 0.15) is 30.9 Å². The highest BCUT2D eigenvalue weighted by Crippen LogP contribution is 2.43. The van der Waals surface area contributed by atoms with Crippen molar-refractivity contribution in [2.45, 2.75) is 37.6 Å². The first-order chi connectivity index (χ1) is 18.5. The van der Waals surface area contributed by atoms with Crippen LogP contribution in [0.2, 0.25) is 5.02 Å². The first-order valence-electron chi connectivity index (χ1n) is 12.3. The van der Waals surface area contributed by atoms with E-state index in [2.05, 4.69) is 20.3 Å². The molecule has 0 amide bonds. The van der Waals surface area contributed by atoms with E-state index in [1.165, 1.54) is 36.7 Å². The molecule has 3 aromatic rings. The van der Waals surface area contributed by atoms with Crippen LogP contribution in [0.25, 0.3) is 11.1 Å². The summed E-state index contributed by atoms with van der Waals surface area (Å²) in [4.78, 5) is 25.4. The number of carboxylic acid groups (broad SMARTS) is 1. The molecule has 13 heteroatoms. The largest absolute Gasteiger partial charge is 0.480 e. The number of alkyl halides is 3. The van der Waals surface area contributed by atoms with Crippen LogP contribution in [0.5, 0.6) is 5.88 Å². The van der Waals surface area contributed by atoms with Gasteiger partial charge in [0, 0.05) is 54.2 Å². The van der Waals surface area contributed by atoms with Crippen LogP contribution in [0.4, 0.5) is 24.9 Å². The van der Waals surface area contributed by atoms with E-state index in [1.807, 2.05) is 4.90 Å². The fourth-order valence-electron chi connectivity index (χ4n) is 5.29. The number of pyridine rings is 1. The molecule has 0 aliphatic carbocycles. The summed E-state index contributed by atoms with van der Waals surface area (Å²) >= 11 is 6.12. The zero-order valence-electron chi connectivity index (χ0n) is 20.7. The van der Waals surface area contributed by atoms with Crippen molar-refractivity contribution in [3.63, 3.8) is 0 Å². The maximum absolute atomic E-state index is 14.4. The highest BCUT2D eigenvalue weighted by Gasteiger charge is 2.46. The van der Waals surface area contributed by atoms with Gasteiger partial charge in [0.2, 0.25) is 17.9 Å². The number of piperidine rings is 1. The Morgan fingerprint density at radius 1 is 1.23 bits per heavy atom. The molecule has 9 nitrogen and oxygen atoms in total. The normalized spacial score (nSPS) is 19.7. The fraction of sp³-hybridized carbons (Fsp3) is 0.385. The van der Waals surface area contributed by atoms with E-state index in [-0.39, 0.29) is 33.4 Å². The predicted octanol–water partition coefficient (Wildman–Crippen LogP) is 4.49. The van der Waals surface area contributed by atoms with Gasteiger partial charge in [0.15, 0.2) is 0 Å². The van der Waals surface area contributed by atoms with Crippen LogP contribution < -0.4 is 20.7 Å². The Hall–Kier alpha value is -3.64. The Balaban J connectivity index is 1.40. The average Bonchev–Trinajstić information content (AvgIpc) is 3.31. The Labute approximate surface area is 227 Å². The van der Waals surface area contributed by atoms with Gasteiger partial charge >= 0.3 is 12.1 Å². The number of benzene rings is 1. The second kappa shape index (κ2) is 10.5. The van der Waals surface area contributed by atoms with E-state index >= 15 is 0 Å². The Morgan fingerprint density at radius 3 is 2.64 bits per heavy atom. The summed E-state index contributed by atoms with van der Waals surface area (Å²) < 4.78 is 48.7. The summed E-state index contributed by atoms with van der Waals surface area (Å²) in [5.41, 5.74) is 6.27. The molecule has 0 radical (unpaired) electrons. The molecule has 39 heavy (non-hydrogen) atoms. The van der Waals surface area contributed by atoms with E-state index in [0.717, 1.165) is 0 Å². The third kappa shape index (κ3) is 5.86. The van der Waals surface area contributed by atoms with Gasteiger partial charge in [-0.1, -0.05) is 23.7 Å². The van der Waals surface area contributed by atoms with Gasteiger partial charge in [0.05, 0.1) is 0 Å². The molecule has 2 aliphatic rings. The van der Waals surface area contributed by atoms with Gasteiger partial charge in [-0.05, 0) is 48.4 Å². The first kappa shape index (κ1) is 26.9. The molecule has 2 aliphatic heterocycles. The number of nitrogens with two attached hydrogens (primary N) is 1. The highest BCUT2D eigenvalue weighted by atomic mass is 35.5. The number of hydrogen-bond acceptors (Lipinski definition) is 8. The third-order valence-electron chi connectivity index (χ3n) is 7.32. The van der Waals surface area contributed by atoms with Crippen LogP contribution in [0.15, 0.2) is 48.8 Å². The van der Waals surface area contributed by atoms with Crippen LogP contribution in [0, 0.1) is 5.41 Å². The molecule has 0 saturated carbocycles. The van der Waals surface area contributed by atoms with E-state index < -0.39 is 24.3 Å². The minimum Gasteiger partial charge on any atom is -0.480 e. The molecule has 0 bridgehead atoms. The van der Waals surface area contributed by atoms with Crippen molar-refractivity contribution in [1.29, 1.82) is 0 Å². The summed E-state index contributed by atoms with van der Waals surface area (Å²) in [6, 6.07) is 8.11. The van der Waals surface area contributed by atoms with E-state index in [0.29, 0.717) is 50.3 Å². The molecule has 4 heterocycles. The maximum atomic E-state index is 14.4. The Bertz CT molecular complexity index is 1350. The highest BCUT2D eigenvalue weighted by molar-refractivity contribution is 6.30. The number of nitrogens with zero attached hydrogens (tertiary/aromatic N) is 4. The average molecular weight is 563 g/mol. The van der Waals surface area contributed by atoms with E-state index in [9.17, 15) is 23.1 Å². The smallest absolute Gasteiger partial charge is 0.429 e. The molecular weight excluding hydrogens is 537 g/mol. The number of rotatable bonds is 6. The lowest BCUT2D eigenvalue weighted by Gasteiger charge is -2.39. The van der Waals surface area contributed by atoms with Crippen molar-refractivity contribution >= 4 is 29.3 Å². The molecule has 2 aromatic heterocycles. The number of hydrogen-bond donors (Lipinski definition) is 3. The summed E-state index contributed by atoms with van der Waals surface area (Å²) in [6.45, 7) is 1.68. The predicted molar refractivity (Wildman–Crippen MR) is 138 cm³/mol. The molecule has 1 unspecified atom stereocenters. The molecule has 4 N–H and O–H groups in total. The van der Waals surface area contributed by atoms with Gasteiger partial charge in [-0.2, -0.15) is 23.1 Å². The number of aromatic nitrogens is 3. The number of carboxylic acids is 1. The zero-order valence-corrected chi connectivity index (χ0v) is 21.4. The van der Waals surface area contributed by atoms with Gasteiger partial charge < -0.3 is 25.8 Å². The van der Waals surface area contributed by atoms with Crippen LogP contribution >= 0.6 is 11.6 Å². The zero-order chi connectivity index (χ0) is 27.8. The molecule has 2 atom stereocenters. The Morgan fingerprint density at radius 2 is 2.00 bits per heavy atom. The lowest BCUT2D eigenvalue weighted by atomic mass is 9.76. The monoisotopic (exact) mass is 562 g/mol. The van der Waals surface area contributed by atoms with Gasteiger partial charge in [-0.25, -0.2) is 0 Å². The van der Waals surface area contributed by atoms with Crippen molar-refractivity contribution in [3.05, 3.63) is 59.4 Å². The second-order valence-electron chi connectivity index (χ2n) is 9.90. The fourth-order valence-corrected chi connectivity index (χ4v) is 5.46. The van der Waals surface area contributed by atoms with Gasteiger partial charge in [0.1, 0.15) is 11.9 Å². The summed E-state index contributed by atoms with van der Waals surface area (Å²) in [5, 5.41) is 12.6. The molecular formula is C26H26ClF3N6O3. The number of aliphatic carboxylic acids is 1. The van der Waals surface area contributed by atoms with Crippen molar-refractivity contribution in [1.82, 2.24) is 20.3 Å². The van der Waals surface area contributed by atoms with Crippen LogP contribution in [0.3, 0.4) is 0 Å². The molecule has 5 rings (SSSR count). The summed E-state index contributed by atoms with van der Waals surface area (Å²) in [5.74, 6) is -1.06. The Kier molecular flexibility index (Phi) is 7.25. The quantitative estimate of drug-likeness (QED) is 0.398. The van der Waals surface area contributed by atoms with Crippen molar-refractivity contribution in [3.8, 4) is 17.0 Å². The van der Waals surface area contributed by atoms with Gasteiger partial charge in [-0.3, -0.25) is 9.78 Å². The maximum Gasteiger partial charge on any atom is 0.429 e. The topological polar surface area (TPSA) is 126 Å². The van der Waals surface area contributed by atoms with E-state index in [4.69, 9.17) is 22.1 Å².